The van der Waals surface area contributed by atoms with Crippen molar-refractivity contribution in [3.63, 3.8) is 0 Å². The molecule has 4 nitrogen and oxygen atoms in total. The third-order valence-electron chi connectivity index (χ3n) is 3.78. The van der Waals surface area contributed by atoms with Gasteiger partial charge in [0, 0.05) is 5.56 Å². The number of oxime groups is 1. The maximum atomic E-state index is 5.85. The minimum Gasteiger partial charge on any atom is -0.493 e. The lowest BCUT2D eigenvalue weighted by molar-refractivity contribution is 0.132. The minimum absolute atomic E-state index is 0.437. The van der Waals surface area contributed by atoms with E-state index >= 15 is 0 Å². The largest absolute Gasteiger partial charge is 0.493 e. The summed E-state index contributed by atoms with van der Waals surface area (Å²) < 4.78 is 11.3. The van der Waals surface area contributed by atoms with Gasteiger partial charge in [-0.15, -0.1) is 0 Å². The van der Waals surface area contributed by atoms with Crippen LogP contribution in [0.4, 0.5) is 0 Å². The predicted molar refractivity (Wildman–Crippen MR) is 103 cm³/mol. The Morgan fingerprint density at radius 1 is 0.769 bits per heavy atom. The third kappa shape index (κ3) is 5.11. The van der Waals surface area contributed by atoms with Crippen molar-refractivity contribution in [1.29, 1.82) is 0 Å². The molecule has 0 radical (unpaired) electrons. The first-order valence-electron chi connectivity index (χ1n) is 8.39. The first-order valence-corrected chi connectivity index (χ1v) is 8.39. The summed E-state index contributed by atoms with van der Waals surface area (Å²) in [6.07, 6.45) is 1.66. The number of rotatable bonds is 8. The highest BCUT2D eigenvalue weighted by Gasteiger charge is 2.05. The van der Waals surface area contributed by atoms with Gasteiger partial charge in [-0.1, -0.05) is 65.8 Å². The Balaban J connectivity index is 1.58. The van der Waals surface area contributed by atoms with E-state index in [1.807, 2.05) is 78.9 Å². The highest BCUT2D eigenvalue weighted by atomic mass is 16.6. The van der Waals surface area contributed by atoms with E-state index in [-0.39, 0.29) is 0 Å². The molecule has 0 aromatic heterocycles. The van der Waals surface area contributed by atoms with Crippen LogP contribution in [-0.2, 0) is 18.1 Å². The summed E-state index contributed by atoms with van der Waals surface area (Å²) in [5.74, 6) is 1.35. The molecule has 0 amide bonds. The van der Waals surface area contributed by atoms with Crippen molar-refractivity contribution in [2.45, 2.75) is 13.2 Å². The molecule has 4 heteroatoms. The summed E-state index contributed by atoms with van der Waals surface area (Å²) in [6, 6.07) is 25.6. The van der Waals surface area contributed by atoms with Crippen LogP contribution in [0.1, 0.15) is 16.7 Å². The number of hydrogen-bond acceptors (Lipinski definition) is 4. The Hall–Kier alpha value is -3.27. The quantitative estimate of drug-likeness (QED) is 0.433. The molecule has 3 aromatic carbocycles. The monoisotopic (exact) mass is 347 g/mol. The lowest BCUT2D eigenvalue weighted by atomic mass is 10.2. The fourth-order valence-corrected chi connectivity index (χ4v) is 2.40. The maximum absolute atomic E-state index is 5.85. The predicted octanol–water partition coefficient (Wildman–Crippen LogP) is 4.82. The Bertz CT molecular complexity index is 833. The van der Waals surface area contributed by atoms with Crippen LogP contribution in [0.2, 0.25) is 0 Å². The summed E-state index contributed by atoms with van der Waals surface area (Å²) in [4.78, 5) is 5.33. The molecule has 0 aliphatic heterocycles. The van der Waals surface area contributed by atoms with E-state index in [0.717, 1.165) is 16.7 Å². The van der Waals surface area contributed by atoms with Crippen LogP contribution in [0.3, 0.4) is 0 Å². The summed E-state index contributed by atoms with van der Waals surface area (Å²) in [6.45, 7) is 0.928. The number of benzene rings is 3. The number of nitrogens with zero attached hydrogens (tertiary/aromatic N) is 1. The molecule has 0 saturated carbocycles. The summed E-state index contributed by atoms with van der Waals surface area (Å²) in [5.41, 5.74) is 3.06. The second-order valence-corrected chi connectivity index (χ2v) is 5.68. The van der Waals surface area contributed by atoms with Crippen LogP contribution in [0, 0.1) is 0 Å². The molecule has 0 fully saturated rings. The first kappa shape index (κ1) is 17.5. The van der Waals surface area contributed by atoms with Gasteiger partial charge < -0.3 is 14.3 Å². The average Bonchev–Trinajstić information content (AvgIpc) is 2.71. The van der Waals surface area contributed by atoms with Crippen molar-refractivity contribution in [3.8, 4) is 11.5 Å². The molecule has 0 N–H and O–H groups in total. The standard InChI is InChI=1S/C22H21NO3/c1-24-22-14-20(15-23-26-17-19-10-6-3-7-11-19)12-13-21(22)25-16-18-8-4-2-5-9-18/h2-15H,16-17H2,1H3/b23-15-. The molecule has 0 saturated heterocycles. The molecular weight excluding hydrogens is 326 g/mol. The van der Waals surface area contributed by atoms with E-state index in [4.69, 9.17) is 14.3 Å². The van der Waals surface area contributed by atoms with Crippen LogP contribution in [-0.4, -0.2) is 13.3 Å². The van der Waals surface area contributed by atoms with Crippen molar-refractivity contribution in [2.24, 2.45) is 5.16 Å². The van der Waals surface area contributed by atoms with Crippen molar-refractivity contribution < 1.29 is 14.3 Å². The van der Waals surface area contributed by atoms with Crippen LogP contribution in [0.25, 0.3) is 0 Å². The fraction of sp³-hybridized carbons (Fsp3) is 0.136. The van der Waals surface area contributed by atoms with Gasteiger partial charge in [-0.2, -0.15) is 0 Å². The van der Waals surface area contributed by atoms with Crippen molar-refractivity contribution in [2.75, 3.05) is 7.11 Å². The van der Waals surface area contributed by atoms with Crippen molar-refractivity contribution in [3.05, 3.63) is 95.6 Å². The Morgan fingerprint density at radius 2 is 1.42 bits per heavy atom. The van der Waals surface area contributed by atoms with Crippen molar-refractivity contribution >= 4 is 6.21 Å². The van der Waals surface area contributed by atoms with Gasteiger partial charge in [0.2, 0.25) is 0 Å². The molecule has 0 bridgehead atoms. The maximum Gasteiger partial charge on any atom is 0.161 e. The SMILES string of the molecule is COc1cc(/C=N\OCc2ccccc2)ccc1OCc1ccccc1. The fourth-order valence-electron chi connectivity index (χ4n) is 2.40. The Labute approximate surface area is 153 Å². The molecule has 0 unspecified atom stereocenters. The zero-order chi connectivity index (χ0) is 18.0. The molecule has 3 aromatic rings. The summed E-state index contributed by atoms with van der Waals surface area (Å²) >= 11 is 0. The molecule has 0 heterocycles. The average molecular weight is 347 g/mol. The second kappa shape index (κ2) is 9.28. The molecule has 0 atom stereocenters. The van der Waals surface area contributed by atoms with Crippen LogP contribution >= 0.6 is 0 Å². The highest BCUT2D eigenvalue weighted by Crippen LogP contribution is 2.28. The van der Waals surface area contributed by atoms with E-state index in [2.05, 4.69) is 5.16 Å². The second-order valence-electron chi connectivity index (χ2n) is 5.68. The van der Waals surface area contributed by atoms with Gasteiger partial charge >= 0.3 is 0 Å². The Kier molecular flexibility index (Phi) is 6.26. The Morgan fingerprint density at radius 3 is 2.08 bits per heavy atom. The van der Waals surface area contributed by atoms with Gasteiger partial charge in [0.1, 0.15) is 13.2 Å². The van der Waals surface area contributed by atoms with Crippen LogP contribution in [0.15, 0.2) is 84.0 Å². The zero-order valence-corrected chi connectivity index (χ0v) is 14.7. The molecule has 0 aliphatic rings. The van der Waals surface area contributed by atoms with E-state index in [1.54, 1.807) is 13.3 Å². The third-order valence-corrected chi connectivity index (χ3v) is 3.78. The van der Waals surface area contributed by atoms with E-state index in [1.165, 1.54) is 0 Å². The van der Waals surface area contributed by atoms with E-state index in [9.17, 15) is 0 Å². The van der Waals surface area contributed by atoms with Gasteiger partial charge in [0.25, 0.3) is 0 Å². The van der Waals surface area contributed by atoms with E-state index in [0.29, 0.717) is 24.7 Å². The first-order chi connectivity index (χ1) is 12.8. The van der Waals surface area contributed by atoms with Gasteiger partial charge in [0.15, 0.2) is 11.5 Å². The lowest BCUT2D eigenvalue weighted by Gasteiger charge is -2.11. The highest BCUT2D eigenvalue weighted by molar-refractivity contribution is 5.80. The normalized spacial score (nSPS) is 10.7. The number of ether oxygens (including phenoxy) is 2. The number of hydrogen-bond donors (Lipinski definition) is 0. The van der Waals surface area contributed by atoms with Gasteiger partial charge in [-0.25, -0.2) is 0 Å². The summed E-state index contributed by atoms with van der Waals surface area (Å²) in [7, 11) is 1.62. The van der Waals surface area contributed by atoms with Crippen LogP contribution in [0.5, 0.6) is 11.5 Å². The van der Waals surface area contributed by atoms with Crippen molar-refractivity contribution in [1.82, 2.24) is 0 Å². The van der Waals surface area contributed by atoms with Gasteiger partial charge in [0.05, 0.1) is 13.3 Å². The minimum atomic E-state index is 0.437. The molecule has 3 rings (SSSR count). The molecular formula is C22H21NO3. The molecule has 0 spiro atoms. The van der Waals surface area contributed by atoms with Gasteiger partial charge in [-0.05, 0) is 29.3 Å². The van der Waals surface area contributed by atoms with E-state index < -0.39 is 0 Å². The smallest absolute Gasteiger partial charge is 0.161 e. The van der Waals surface area contributed by atoms with Gasteiger partial charge in [-0.3, -0.25) is 0 Å². The molecule has 132 valence electrons. The van der Waals surface area contributed by atoms with Crippen LogP contribution < -0.4 is 9.47 Å². The zero-order valence-electron chi connectivity index (χ0n) is 14.7. The lowest BCUT2D eigenvalue weighted by Crippen LogP contribution is -1.98. The molecule has 26 heavy (non-hydrogen) atoms. The number of methoxy groups -OCH3 is 1. The molecule has 0 aliphatic carbocycles. The topological polar surface area (TPSA) is 40.0 Å². The summed E-state index contributed by atoms with van der Waals surface area (Å²) in [5, 5.41) is 4.01.